The van der Waals surface area contributed by atoms with E-state index >= 15 is 0 Å². The van der Waals surface area contributed by atoms with Crippen LogP contribution in [-0.2, 0) is 16.0 Å². The standard InChI is InChI=1S/C19H18FN3O2/c20-13-5-3-12(4-6-13)10-18(24)21-14-7-8-15-16(11-14)23-19(22-15)17-2-1-9-25-17/h3-8,11,17H,1-2,9-10H2,(H,21,24)(H,22,23)/t17-/m0/s1. The number of anilines is 1. The van der Waals surface area contributed by atoms with Crippen LogP contribution in [0.1, 0.15) is 30.3 Å². The summed E-state index contributed by atoms with van der Waals surface area (Å²) in [5.74, 6) is 0.378. The number of rotatable bonds is 4. The zero-order valence-electron chi connectivity index (χ0n) is 13.6. The van der Waals surface area contributed by atoms with Crippen molar-refractivity contribution < 1.29 is 13.9 Å². The van der Waals surface area contributed by atoms with E-state index in [1.807, 2.05) is 18.2 Å². The number of nitrogens with one attached hydrogen (secondary N) is 2. The maximum absolute atomic E-state index is 12.9. The molecular formula is C19H18FN3O2. The highest BCUT2D eigenvalue weighted by Crippen LogP contribution is 2.28. The number of amides is 1. The van der Waals surface area contributed by atoms with Crippen molar-refractivity contribution in [3.05, 3.63) is 59.7 Å². The summed E-state index contributed by atoms with van der Waals surface area (Å²) in [5, 5.41) is 2.86. The Labute approximate surface area is 144 Å². The summed E-state index contributed by atoms with van der Waals surface area (Å²) >= 11 is 0. The summed E-state index contributed by atoms with van der Waals surface area (Å²) in [6, 6.07) is 11.5. The SMILES string of the molecule is O=C(Cc1ccc(F)cc1)Nc1ccc2nc([C@@H]3CCCO3)[nH]c2c1. The van der Waals surface area contributed by atoms with Gasteiger partial charge in [0.15, 0.2) is 0 Å². The fraction of sp³-hybridized carbons (Fsp3) is 0.263. The molecule has 2 heterocycles. The second kappa shape index (κ2) is 6.64. The number of halogens is 1. The Bertz CT molecular complexity index is 899. The zero-order valence-corrected chi connectivity index (χ0v) is 13.6. The van der Waals surface area contributed by atoms with Crippen molar-refractivity contribution in [3.8, 4) is 0 Å². The van der Waals surface area contributed by atoms with Gasteiger partial charge in [0.1, 0.15) is 17.7 Å². The Morgan fingerprint density at radius 2 is 2.12 bits per heavy atom. The third-order valence-corrected chi connectivity index (χ3v) is 4.30. The van der Waals surface area contributed by atoms with Gasteiger partial charge in [-0.1, -0.05) is 12.1 Å². The van der Waals surface area contributed by atoms with Crippen molar-refractivity contribution >= 4 is 22.6 Å². The quantitative estimate of drug-likeness (QED) is 0.761. The molecule has 1 amide bonds. The number of carbonyl (C=O) groups excluding carboxylic acids is 1. The minimum absolute atomic E-state index is 0.0314. The lowest BCUT2D eigenvalue weighted by Crippen LogP contribution is -2.14. The maximum atomic E-state index is 12.9. The van der Waals surface area contributed by atoms with E-state index in [4.69, 9.17) is 4.74 Å². The van der Waals surface area contributed by atoms with Crippen LogP contribution >= 0.6 is 0 Å². The second-order valence-corrected chi connectivity index (χ2v) is 6.21. The number of benzene rings is 2. The van der Waals surface area contributed by atoms with Crippen LogP contribution in [-0.4, -0.2) is 22.5 Å². The highest BCUT2D eigenvalue weighted by molar-refractivity contribution is 5.94. The van der Waals surface area contributed by atoms with Crippen LogP contribution in [0.4, 0.5) is 10.1 Å². The number of aromatic amines is 1. The summed E-state index contributed by atoms with van der Waals surface area (Å²) in [6.07, 6.45) is 2.25. The van der Waals surface area contributed by atoms with E-state index in [0.717, 1.165) is 41.9 Å². The lowest BCUT2D eigenvalue weighted by molar-refractivity contribution is -0.115. The molecule has 128 valence electrons. The van der Waals surface area contributed by atoms with Gasteiger partial charge in [0, 0.05) is 12.3 Å². The number of H-pyrrole nitrogens is 1. The molecule has 1 aliphatic heterocycles. The van der Waals surface area contributed by atoms with Gasteiger partial charge >= 0.3 is 0 Å². The number of fused-ring (bicyclic) bond motifs is 1. The fourth-order valence-corrected chi connectivity index (χ4v) is 3.05. The molecule has 1 aromatic heterocycles. The number of ether oxygens (including phenoxy) is 1. The molecule has 1 saturated heterocycles. The van der Waals surface area contributed by atoms with Crippen molar-refractivity contribution in [1.29, 1.82) is 0 Å². The molecule has 5 nitrogen and oxygen atoms in total. The van der Waals surface area contributed by atoms with Crippen molar-refractivity contribution in [2.24, 2.45) is 0 Å². The first kappa shape index (κ1) is 15.8. The summed E-state index contributed by atoms with van der Waals surface area (Å²) in [6.45, 7) is 0.770. The van der Waals surface area contributed by atoms with Crippen LogP contribution in [0.3, 0.4) is 0 Å². The number of carbonyl (C=O) groups is 1. The fourth-order valence-electron chi connectivity index (χ4n) is 3.05. The Balaban J connectivity index is 1.47. The molecule has 2 aromatic carbocycles. The van der Waals surface area contributed by atoms with E-state index < -0.39 is 0 Å². The van der Waals surface area contributed by atoms with E-state index in [1.165, 1.54) is 12.1 Å². The van der Waals surface area contributed by atoms with E-state index in [1.54, 1.807) is 12.1 Å². The Hall–Kier alpha value is -2.73. The van der Waals surface area contributed by atoms with Gasteiger partial charge in [0.05, 0.1) is 17.5 Å². The highest BCUT2D eigenvalue weighted by atomic mass is 19.1. The van der Waals surface area contributed by atoms with Gasteiger partial charge < -0.3 is 15.0 Å². The molecule has 0 unspecified atom stereocenters. The normalized spacial score (nSPS) is 17.1. The van der Waals surface area contributed by atoms with Crippen LogP contribution in [0.5, 0.6) is 0 Å². The number of nitrogens with zero attached hydrogens (tertiary/aromatic N) is 1. The molecule has 1 atom stereocenters. The minimum Gasteiger partial charge on any atom is -0.370 e. The molecule has 0 aliphatic carbocycles. The highest BCUT2D eigenvalue weighted by Gasteiger charge is 2.21. The van der Waals surface area contributed by atoms with Gasteiger partial charge in [0.2, 0.25) is 5.91 Å². The lowest BCUT2D eigenvalue weighted by atomic mass is 10.1. The average molecular weight is 339 g/mol. The molecule has 0 bridgehead atoms. The second-order valence-electron chi connectivity index (χ2n) is 6.21. The third-order valence-electron chi connectivity index (χ3n) is 4.30. The molecule has 4 rings (SSSR count). The van der Waals surface area contributed by atoms with Gasteiger partial charge in [-0.05, 0) is 48.7 Å². The monoisotopic (exact) mass is 339 g/mol. The van der Waals surface area contributed by atoms with Crippen molar-refractivity contribution in [3.63, 3.8) is 0 Å². The van der Waals surface area contributed by atoms with E-state index in [0.29, 0.717) is 5.69 Å². The van der Waals surface area contributed by atoms with Gasteiger partial charge in [-0.15, -0.1) is 0 Å². The number of imidazole rings is 1. The Morgan fingerprint density at radius 1 is 1.28 bits per heavy atom. The van der Waals surface area contributed by atoms with Gasteiger partial charge in [-0.3, -0.25) is 4.79 Å². The summed E-state index contributed by atoms with van der Waals surface area (Å²) < 4.78 is 18.6. The molecule has 2 N–H and O–H groups in total. The number of hydrogen-bond acceptors (Lipinski definition) is 3. The van der Waals surface area contributed by atoms with E-state index in [9.17, 15) is 9.18 Å². The predicted octanol–water partition coefficient (Wildman–Crippen LogP) is 3.73. The molecule has 25 heavy (non-hydrogen) atoms. The van der Waals surface area contributed by atoms with Gasteiger partial charge in [0.25, 0.3) is 0 Å². The van der Waals surface area contributed by atoms with Crippen LogP contribution in [0.2, 0.25) is 0 Å². The summed E-state index contributed by atoms with van der Waals surface area (Å²) in [5.41, 5.74) is 3.18. The molecule has 0 saturated carbocycles. The number of aromatic nitrogens is 2. The lowest BCUT2D eigenvalue weighted by Gasteiger charge is -2.05. The Kier molecular flexibility index (Phi) is 4.19. The van der Waals surface area contributed by atoms with Crippen LogP contribution in [0, 0.1) is 5.82 Å². The van der Waals surface area contributed by atoms with Crippen LogP contribution in [0.15, 0.2) is 42.5 Å². The third kappa shape index (κ3) is 3.53. The van der Waals surface area contributed by atoms with Crippen LogP contribution in [0.25, 0.3) is 11.0 Å². The molecule has 3 aromatic rings. The first-order valence-electron chi connectivity index (χ1n) is 8.33. The summed E-state index contributed by atoms with van der Waals surface area (Å²) in [4.78, 5) is 20.0. The average Bonchev–Trinajstić information content (AvgIpc) is 3.25. The smallest absolute Gasteiger partial charge is 0.228 e. The molecular weight excluding hydrogens is 321 g/mol. The first-order valence-corrected chi connectivity index (χ1v) is 8.33. The predicted molar refractivity (Wildman–Crippen MR) is 92.8 cm³/mol. The molecule has 0 radical (unpaired) electrons. The van der Waals surface area contributed by atoms with E-state index in [-0.39, 0.29) is 24.2 Å². The first-order chi connectivity index (χ1) is 12.2. The maximum Gasteiger partial charge on any atom is 0.228 e. The van der Waals surface area contributed by atoms with Crippen molar-refractivity contribution in [2.45, 2.75) is 25.4 Å². The molecule has 0 spiro atoms. The largest absolute Gasteiger partial charge is 0.370 e. The van der Waals surface area contributed by atoms with Crippen molar-refractivity contribution in [1.82, 2.24) is 9.97 Å². The van der Waals surface area contributed by atoms with E-state index in [2.05, 4.69) is 15.3 Å². The number of hydrogen-bond donors (Lipinski definition) is 2. The molecule has 6 heteroatoms. The molecule has 1 aliphatic rings. The van der Waals surface area contributed by atoms with Crippen LogP contribution < -0.4 is 5.32 Å². The molecule has 1 fully saturated rings. The minimum atomic E-state index is -0.309. The zero-order chi connectivity index (χ0) is 17.2. The van der Waals surface area contributed by atoms with Crippen molar-refractivity contribution in [2.75, 3.05) is 11.9 Å². The van der Waals surface area contributed by atoms with Gasteiger partial charge in [-0.2, -0.15) is 0 Å². The van der Waals surface area contributed by atoms with Gasteiger partial charge in [-0.25, -0.2) is 9.37 Å². The topological polar surface area (TPSA) is 67.0 Å². The summed E-state index contributed by atoms with van der Waals surface area (Å²) in [7, 11) is 0. The Morgan fingerprint density at radius 3 is 2.88 bits per heavy atom.